The summed E-state index contributed by atoms with van der Waals surface area (Å²) in [6, 6.07) is 11.2. The van der Waals surface area contributed by atoms with Crippen LogP contribution in [0.2, 0.25) is 0 Å². The van der Waals surface area contributed by atoms with Crippen LogP contribution in [-0.2, 0) is 12.8 Å². The fourth-order valence-electron chi connectivity index (χ4n) is 2.82. The van der Waals surface area contributed by atoms with Gasteiger partial charge in [0.1, 0.15) is 0 Å². The second-order valence-electron chi connectivity index (χ2n) is 5.43. The Morgan fingerprint density at radius 2 is 1.87 bits per heavy atom. The Balaban J connectivity index is 2.67. The third kappa shape index (κ3) is 3.83. The maximum absolute atomic E-state index is 10.9. The van der Waals surface area contributed by atoms with E-state index in [2.05, 4.69) is 6.92 Å². The molecule has 0 bridgehead atoms. The predicted octanol–water partition coefficient (Wildman–Crippen LogP) is 5.02. The molecule has 0 aliphatic heterocycles. The minimum atomic E-state index is -1.43. The van der Waals surface area contributed by atoms with Gasteiger partial charge in [-0.3, -0.25) is 0 Å². The van der Waals surface area contributed by atoms with Gasteiger partial charge >= 0.3 is 6.16 Å². The molecule has 4 heteroatoms. The summed E-state index contributed by atoms with van der Waals surface area (Å²) in [5, 5.41) is 19.5. The lowest BCUT2D eigenvalue weighted by atomic mass is 9.90. The van der Waals surface area contributed by atoms with Crippen LogP contribution in [0, 0.1) is 0 Å². The molecule has 0 aliphatic carbocycles. The van der Waals surface area contributed by atoms with E-state index in [-0.39, 0.29) is 11.5 Å². The van der Waals surface area contributed by atoms with Crippen molar-refractivity contribution in [2.75, 3.05) is 0 Å². The number of unbranched alkanes of at least 4 members (excludes halogenated alkanes) is 1. The number of phenolic OH excluding ortho intramolecular Hbond substituents is 1. The van der Waals surface area contributed by atoms with Crippen LogP contribution in [0.25, 0.3) is 11.1 Å². The molecule has 2 aromatic carbocycles. The number of phenols is 1. The van der Waals surface area contributed by atoms with E-state index in [9.17, 15) is 9.90 Å². The SMILES string of the molecule is CCCCc1cc(OC(=O)O)c(O)c(-c2ccccc2)c1CC. The van der Waals surface area contributed by atoms with Crippen molar-refractivity contribution in [3.05, 3.63) is 47.5 Å². The molecule has 4 nitrogen and oxygen atoms in total. The molecule has 2 rings (SSSR count). The lowest BCUT2D eigenvalue weighted by molar-refractivity contribution is 0.143. The average molecular weight is 314 g/mol. The van der Waals surface area contributed by atoms with E-state index in [4.69, 9.17) is 9.84 Å². The van der Waals surface area contributed by atoms with Crippen molar-refractivity contribution in [2.45, 2.75) is 39.5 Å². The van der Waals surface area contributed by atoms with Crippen LogP contribution >= 0.6 is 0 Å². The highest BCUT2D eigenvalue weighted by Crippen LogP contribution is 2.42. The van der Waals surface area contributed by atoms with Crippen LogP contribution in [0.1, 0.15) is 37.8 Å². The van der Waals surface area contributed by atoms with Crippen molar-refractivity contribution in [1.29, 1.82) is 0 Å². The van der Waals surface area contributed by atoms with Crippen LogP contribution in [0.15, 0.2) is 36.4 Å². The highest BCUT2D eigenvalue weighted by molar-refractivity contribution is 5.79. The van der Waals surface area contributed by atoms with E-state index in [0.29, 0.717) is 5.56 Å². The Bertz CT molecular complexity index is 678. The van der Waals surface area contributed by atoms with Gasteiger partial charge in [-0.15, -0.1) is 0 Å². The molecule has 0 fully saturated rings. The van der Waals surface area contributed by atoms with Crippen LogP contribution < -0.4 is 4.74 Å². The molecule has 0 amide bonds. The number of benzene rings is 2. The smallest absolute Gasteiger partial charge is 0.504 e. The summed E-state index contributed by atoms with van der Waals surface area (Å²) < 4.78 is 4.79. The number of hydrogen-bond donors (Lipinski definition) is 2. The first-order chi connectivity index (χ1) is 11.1. The Labute approximate surface area is 136 Å². The molecule has 2 aromatic rings. The second-order valence-corrected chi connectivity index (χ2v) is 5.43. The number of carbonyl (C=O) groups is 1. The van der Waals surface area contributed by atoms with Gasteiger partial charge in [0.25, 0.3) is 0 Å². The monoisotopic (exact) mass is 314 g/mol. The van der Waals surface area contributed by atoms with Gasteiger partial charge in [-0.2, -0.15) is 0 Å². The Kier molecular flexibility index (Phi) is 5.63. The number of aryl methyl sites for hydroxylation is 1. The molecule has 0 aromatic heterocycles. The number of hydrogen-bond acceptors (Lipinski definition) is 3. The van der Waals surface area contributed by atoms with Crippen molar-refractivity contribution in [3.8, 4) is 22.6 Å². The minimum absolute atomic E-state index is 0.000318. The molecule has 0 atom stereocenters. The van der Waals surface area contributed by atoms with Crippen LogP contribution in [0.3, 0.4) is 0 Å². The molecule has 23 heavy (non-hydrogen) atoms. The third-order valence-corrected chi connectivity index (χ3v) is 3.88. The fourth-order valence-corrected chi connectivity index (χ4v) is 2.82. The summed E-state index contributed by atoms with van der Waals surface area (Å²) in [7, 11) is 0. The van der Waals surface area contributed by atoms with Gasteiger partial charge < -0.3 is 14.9 Å². The van der Waals surface area contributed by atoms with E-state index in [0.717, 1.165) is 42.4 Å². The average Bonchev–Trinajstić information content (AvgIpc) is 2.55. The Morgan fingerprint density at radius 1 is 1.17 bits per heavy atom. The largest absolute Gasteiger partial charge is 0.511 e. The lowest BCUT2D eigenvalue weighted by Gasteiger charge is -2.18. The van der Waals surface area contributed by atoms with Gasteiger partial charge in [0.05, 0.1) is 0 Å². The van der Waals surface area contributed by atoms with Gasteiger partial charge in [0.2, 0.25) is 0 Å². The molecule has 0 heterocycles. The third-order valence-electron chi connectivity index (χ3n) is 3.88. The maximum atomic E-state index is 10.9. The fraction of sp³-hybridized carbons (Fsp3) is 0.316. The van der Waals surface area contributed by atoms with Crippen LogP contribution in [-0.4, -0.2) is 16.4 Å². The Morgan fingerprint density at radius 3 is 2.43 bits per heavy atom. The van der Waals surface area contributed by atoms with Crippen molar-refractivity contribution in [1.82, 2.24) is 0 Å². The molecule has 0 unspecified atom stereocenters. The summed E-state index contributed by atoms with van der Waals surface area (Å²) in [4.78, 5) is 10.9. The number of aromatic hydroxyl groups is 1. The van der Waals surface area contributed by atoms with Gasteiger partial charge in [0, 0.05) is 5.56 Å². The van der Waals surface area contributed by atoms with E-state index in [1.54, 1.807) is 6.07 Å². The second kappa shape index (κ2) is 7.68. The van der Waals surface area contributed by atoms with Crippen molar-refractivity contribution in [2.24, 2.45) is 0 Å². The predicted molar refractivity (Wildman–Crippen MR) is 90.2 cm³/mol. The van der Waals surface area contributed by atoms with Gasteiger partial charge in [-0.05, 0) is 42.0 Å². The molecule has 122 valence electrons. The molecule has 0 saturated heterocycles. The van der Waals surface area contributed by atoms with Crippen molar-refractivity contribution < 1.29 is 19.7 Å². The molecular formula is C19H22O4. The first kappa shape index (κ1) is 16.9. The van der Waals surface area contributed by atoms with E-state index < -0.39 is 6.16 Å². The van der Waals surface area contributed by atoms with Gasteiger partial charge in [-0.25, -0.2) is 4.79 Å². The zero-order valence-corrected chi connectivity index (χ0v) is 13.5. The normalized spacial score (nSPS) is 10.5. The first-order valence-corrected chi connectivity index (χ1v) is 7.92. The first-order valence-electron chi connectivity index (χ1n) is 7.92. The number of ether oxygens (including phenoxy) is 1. The zero-order valence-electron chi connectivity index (χ0n) is 13.5. The highest BCUT2D eigenvalue weighted by Gasteiger charge is 2.20. The van der Waals surface area contributed by atoms with E-state index in [1.165, 1.54) is 0 Å². The quantitative estimate of drug-likeness (QED) is 0.580. The zero-order chi connectivity index (χ0) is 16.8. The van der Waals surface area contributed by atoms with Crippen LogP contribution in [0.4, 0.5) is 4.79 Å². The summed E-state index contributed by atoms with van der Waals surface area (Å²) in [6.45, 7) is 4.15. The summed E-state index contributed by atoms with van der Waals surface area (Å²) in [6.07, 6.45) is 2.20. The molecule has 0 spiro atoms. The molecule has 0 aliphatic rings. The molecular weight excluding hydrogens is 292 g/mol. The van der Waals surface area contributed by atoms with E-state index >= 15 is 0 Å². The molecule has 0 radical (unpaired) electrons. The van der Waals surface area contributed by atoms with Crippen molar-refractivity contribution >= 4 is 6.16 Å². The van der Waals surface area contributed by atoms with Crippen LogP contribution in [0.5, 0.6) is 11.5 Å². The standard InChI is InChI=1S/C19H22O4/c1-3-5-9-14-12-16(23-19(21)22)18(20)17(15(14)4-2)13-10-7-6-8-11-13/h6-8,10-12,20H,3-5,9H2,1-2H3,(H,21,22). The summed E-state index contributed by atoms with van der Waals surface area (Å²) >= 11 is 0. The minimum Gasteiger partial charge on any atom is -0.504 e. The molecule has 2 N–H and O–H groups in total. The highest BCUT2D eigenvalue weighted by atomic mass is 16.7. The Hall–Kier alpha value is -2.49. The number of rotatable bonds is 6. The summed E-state index contributed by atoms with van der Waals surface area (Å²) in [5.41, 5.74) is 3.59. The van der Waals surface area contributed by atoms with Gasteiger partial charge in [-0.1, -0.05) is 50.6 Å². The molecule has 0 saturated carbocycles. The van der Waals surface area contributed by atoms with Gasteiger partial charge in [0.15, 0.2) is 11.5 Å². The topological polar surface area (TPSA) is 66.8 Å². The van der Waals surface area contributed by atoms with E-state index in [1.807, 2.05) is 37.3 Å². The summed E-state index contributed by atoms with van der Waals surface area (Å²) in [5.74, 6) is -0.115. The van der Waals surface area contributed by atoms with Crippen molar-refractivity contribution in [3.63, 3.8) is 0 Å². The maximum Gasteiger partial charge on any atom is 0.511 e. The lowest BCUT2D eigenvalue weighted by Crippen LogP contribution is -2.06. The number of carboxylic acid groups (broad SMARTS) is 1.